The van der Waals surface area contributed by atoms with Gasteiger partial charge in [-0.25, -0.2) is 0 Å². The summed E-state index contributed by atoms with van der Waals surface area (Å²) in [5, 5.41) is 0. The molecule has 5 rings (SSSR count). The number of amides is 2. The van der Waals surface area contributed by atoms with Crippen molar-refractivity contribution in [1.29, 1.82) is 0 Å². The lowest BCUT2D eigenvalue weighted by Gasteiger charge is -2.39. The van der Waals surface area contributed by atoms with Crippen molar-refractivity contribution in [1.82, 2.24) is 9.80 Å². The Labute approximate surface area is 201 Å². The lowest BCUT2D eigenvalue weighted by molar-refractivity contribution is -0.136. The van der Waals surface area contributed by atoms with E-state index in [4.69, 9.17) is 0 Å². The van der Waals surface area contributed by atoms with Gasteiger partial charge in [0.05, 0.1) is 0 Å². The molecule has 5 heteroatoms. The van der Waals surface area contributed by atoms with Crippen molar-refractivity contribution in [3.8, 4) is 0 Å². The zero-order valence-electron chi connectivity index (χ0n) is 19.9. The van der Waals surface area contributed by atoms with Crippen LogP contribution in [0.4, 0.5) is 5.69 Å². The summed E-state index contributed by atoms with van der Waals surface area (Å²) in [4.78, 5) is 33.2. The number of piperazine rings is 1. The Balaban J connectivity index is 1.35. The maximum atomic E-state index is 13.9. The fraction of sp³-hybridized carbons (Fsp3) is 0.310. The Bertz CT molecular complexity index is 1200. The van der Waals surface area contributed by atoms with Crippen LogP contribution >= 0.6 is 0 Å². The van der Waals surface area contributed by atoms with Crippen molar-refractivity contribution in [2.24, 2.45) is 0 Å². The summed E-state index contributed by atoms with van der Waals surface area (Å²) in [5.41, 5.74) is 6.53. The third kappa shape index (κ3) is 4.30. The highest BCUT2D eigenvalue weighted by Gasteiger charge is 2.38. The number of hydrogen-bond donors (Lipinski definition) is 0. The minimum atomic E-state index is -0.505. The van der Waals surface area contributed by atoms with Crippen LogP contribution in [0.15, 0.2) is 72.8 Å². The number of carbonyl (C=O) groups is 2. The van der Waals surface area contributed by atoms with E-state index in [-0.39, 0.29) is 11.8 Å². The van der Waals surface area contributed by atoms with Gasteiger partial charge in [-0.15, -0.1) is 0 Å². The molecule has 5 nitrogen and oxygen atoms in total. The third-order valence-corrected chi connectivity index (χ3v) is 7.08. The molecule has 0 aliphatic carbocycles. The van der Waals surface area contributed by atoms with Crippen LogP contribution in [0.5, 0.6) is 0 Å². The van der Waals surface area contributed by atoms with E-state index in [0.29, 0.717) is 31.6 Å². The lowest BCUT2D eigenvalue weighted by atomic mass is 10.0. The molecule has 0 N–H and O–H groups in total. The quantitative estimate of drug-likeness (QED) is 0.581. The number of carbonyl (C=O) groups excluding carboxylic acids is 2. The summed E-state index contributed by atoms with van der Waals surface area (Å²) in [6.45, 7) is 7.64. The van der Waals surface area contributed by atoms with Crippen LogP contribution in [0.3, 0.4) is 0 Å². The molecule has 1 atom stereocenters. The highest BCUT2D eigenvalue weighted by atomic mass is 16.2. The largest absolute Gasteiger partial charge is 0.368 e. The highest BCUT2D eigenvalue weighted by Crippen LogP contribution is 2.28. The van der Waals surface area contributed by atoms with Crippen molar-refractivity contribution >= 4 is 17.5 Å². The molecule has 1 fully saturated rings. The predicted octanol–water partition coefficient (Wildman–Crippen LogP) is 4.22. The highest BCUT2D eigenvalue weighted by molar-refractivity contribution is 6.01. The van der Waals surface area contributed by atoms with Gasteiger partial charge in [0.15, 0.2) is 0 Å². The lowest BCUT2D eigenvalue weighted by Crippen LogP contribution is -2.55. The zero-order chi connectivity index (χ0) is 23.7. The minimum Gasteiger partial charge on any atom is -0.368 e. The molecule has 0 bridgehead atoms. The fourth-order valence-electron chi connectivity index (χ4n) is 5.14. The second-order valence-electron chi connectivity index (χ2n) is 9.40. The molecule has 2 amide bonds. The summed E-state index contributed by atoms with van der Waals surface area (Å²) in [6, 6.07) is 23.7. The van der Waals surface area contributed by atoms with Crippen LogP contribution in [0, 0.1) is 13.8 Å². The number of nitrogens with zero attached hydrogens (tertiary/aromatic N) is 3. The first-order valence-electron chi connectivity index (χ1n) is 12.0. The van der Waals surface area contributed by atoms with Crippen LogP contribution in [-0.4, -0.2) is 53.8 Å². The number of benzene rings is 3. The summed E-state index contributed by atoms with van der Waals surface area (Å²) in [6.07, 6.45) is 0.524. The Morgan fingerprint density at radius 3 is 2.32 bits per heavy atom. The Hall–Kier alpha value is -3.60. The van der Waals surface area contributed by atoms with Crippen LogP contribution in [0.2, 0.25) is 0 Å². The Kier molecular flexibility index (Phi) is 6.10. The van der Waals surface area contributed by atoms with Gasteiger partial charge in [0.25, 0.3) is 5.91 Å². The van der Waals surface area contributed by atoms with E-state index in [1.54, 1.807) is 4.90 Å². The summed E-state index contributed by atoms with van der Waals surface area (Å²) >= 11 is 0. The minimum absolute atomic E-state index is 0.0427. The van der Waals surface area contributed by atoms with Gasteiger partial charge in [0, 0.05) is 50.4 Å². The van der Waals surface area contributed by atoms with Crippen LogP contribution < -0.4 is 4.90 Å². The van der Waals surface area contributed by atoms with Gasteiger partial charge in [-0.1, -0.05) is 60.7 Å². The zero-order valence-corrected chi connectivity index (χ0v) is 19.9. The standard InChI is InChI=1S/C29H31N3O2/c1-21-12-13-22(2)26(18-21)30-14-16-31(17-15-30)29(34)27(19-23-8-4-3-5-9-23)32-20-24-10-6-7-11-25(24)28(32)33/h3-13,18,27H,14-17,19-20H2,1-2H3/t27-/m0/s1. The molecule has 174 valence electrons. The normalized spacial score (nSPS) is 16.5. The Morgan fingerprint density at radius 1 is 0.882 bits per heavy atom. The Morgan fingerprint density at radius 2 is 1.59 bits per heavy atom. The van der Waals surface area contributed by atoms with E-state index >= 15 is 0 Å². The average Bonchev–Trinajstić information content (AvgIpc) is 3.20. The molecule has 34 heavy (non-hydrogen) atoms. The SMILES string of the molecule is Cc1ccc(C)c(N2CCN(C(=O)[C@H](Cc3ccccc3)N3Cc4ccccc4C3=O)CC2)c1. The summed E-state index contributed by atoms with van der Waals surface area (Å²) in [7, 11) is 0. The molecule has 0 aromatic heterocycles. The fourth-order valence-corrected chi connectivity index (χ4v) is 5.14. The first-order valence-corrected chi connectivity index (χ1v) is 12.0. The topological polar surface area (TPSA) is 43.9 Å². The van der Waals surface area contributed by atoms with Crippen molar-refractivity contribution in [3.63, 3.8) is 0 Å². The van der Waals surface area contributed by atoms with Crippen LogP contribution in [0.25, 0.3) is 0 Å². The first-order chi connectivity index (χ1) is 16.5. The van der Waals surface area contributed by atoms with Gasteiger partial charge >= 0.3 is 0 Å². The number of rotatable bonds is 5. The van der Waals surface area contributed by atoms with E-state index < -0.39 is 6.04 Å². The predicted molar refractivity (Wildman–Crippen MR) is 135 cm³/mol. The van der Waals surface area contributed by atoms with Gasteiger partial charge in [0.2, 0.25) is 5.91 Å². The van der Waals surface area contributed by atoms with E-state index in [2.05, 4.69) is 36.9 Å². The van der Waals surface area contributed by atoms with Crippen molar-refractivity contribution in [2.75, 3.05) is 31.1 Å². The summed E-state index contributed by atoms with van der Waals surface area (Å²) in [5.74, 6) is 0.00419. The number of fused-ring (bicyclic) bond motifs is 1. The van der Waals surface area contributed by atoms with Gasteiger partial charge < -0.3 is 14.7 Å². The van der Waals surface area contributed by atoms with Gasteiger partial charge in [0.1, 0.15) is 6.04 Å². The first kappa shape index (κ1) is 22.2. The molecule has 2 heterocycles. The average molecular weight is 454 g/mol. The number of anilines is 1. The molecule has 3 aromatic rings. The maximum Gasteiger partial charge on any atom is 0.255 e. The molecule has 0 unspecified atom stereocenters. The second kappa shape index (κ2) is 9.34. The second-order valence-corrected chi connectivity index (χ2v) is 9.40. The van der Waals surface area contributed by atoms with Crippen LogP contribution in [-0.2, 0) is 17.8 Å². The molecule has 0 radical (unpaired) electrons. The van der Waals surface area contributed by atoms with E-state index in [1.807, 2.05) is 59.5 Å². The molecule has 3 aromatic carbocycles. The molecular formula is C29H31N3O2. The summed E-state index contributed by atoms with van der Waals surface area (Å²) < 4.78 is 0. The molecule has 0 spiro atoms. The molecule has 0 saturated carbocycles. The van der Waals surface area contributed by atoms with Gasteiger partial charge in [-0.2, -0.15) is 0 Å². The van der Waals surface area contributed by atoms with Crippen molar-refractivity contribution < 1.29 is 9.59 Å². The van der Waals surface area contributed by atoms with E-state index in [1.165, 1.54) is 16.8 Å². The molecule has 1 saturated heterocycles. The van der Waals surface area contributed by atoms with Crippen molar-refractivity contribution in [3.05, 3.63) is 101 Å². The van der Waals surface area contributed by atoms with E-state index in [0.717, 1.165) is 24.2 Å². The van der Waals surface area contributed by atoms with Crippen LogP contribution in [0.1, 0.15) is 32.6 Å². The third-order valence-electron chi connectivity index (χ3n) is 7.08. The molecule has 2 aliphatic heterocycles. The number of hydrogen-bond acceptors (Lipinski definition) is 3. The molecular weight excluding hydrogens is 422 g/mol. The van der Waals surface area contributed by atoms with Gasteiger partial charge in [-0.05, 0) is 48.2 Å². The van der Waals surface area contributed by atoms with Gasteiger partial charge in [-0.3, -0.25) is 9.59 Å². The van der Waals surface area contributed by atoms with E-state index in [9.17, 15) is 9.59 Å². The number of aryl methyl sites for hydroxylation is 2. The maximum absolute atomic E-state index is 13.9. The van der Waals surface area contributed by atoms with Crippen molar-refractivity contribution in [2.45, 2.75) is 32.9 Å². The molecule has 2 aliphatic rings. The smallest absolute Gasteiger partial charge is 0.255 e. The monoisotopic (exact) mass is 453 g/mol.